The topological polar surface area (TPSA) is 85.6 Å². The number of aromatic nitrogens is 1. The van der Waals surface area contributed by atoms with Gasteiger partial charge in [0.2, 0.25) is 5.89 Å². The van der Waals surface area contributed by atoms with Crippen molar-refractivity contribution in [3.8, 4) is 11.5 Å². The second kappa shape index (κ2) is 8.65. The first kappa shape index (κ1) is 21.5. The lowest BCUT2D eigenvalue weighted by Gasteiger charge is -2.17. The Morgan fingerprint density at radius 2 is 1.93 bits per heavy atom. The van der Waals surface area contributed by atoms with Crippen LogP contribution in [0.3, 0.4) is 0 Å². The van der Waals surface area contributed by atoms with Gasteiger partial charge in [0.05, 0.1) is 19.8 Å². The molecule has 7 heteroatoms. The fourth-order valence-electron chi connectivity index (χ4n) is 3.00. The number of methoxy groups -OCH3 is 1. The van der Waals surface area contributed by atoms with Crippen LogP contribution in [0.15, 0.2) is 40.8 Å². The molecule has 3 aromatic rings. The van der Waals surface area contributed by atoms with Crippen LogP contribution in [-0.4, -0.2) is 24.7 Å². The molecule has 160 valence electrons. The van der Waals surface area contributed by atoms with Gasteiger partial charge in [-0.05, 0) is 49.7 Å². The third kappa shape index (κ3) is 4.84. The summed E-state index contributed by atoms with van der Waals surface area (Å²) in [5, 5.41) is 5.79. The zero-order chi connectivity index (χ0) is 21.9. The average molecular weight is 412 g/mol. The van der Waals surface area contributed by atoms with Crippen molar-refractivity contribution in [2.24, 2.45) is 0 Å². The highest BCUT2D eigenvalue weighted by atomic mass is 16.5. The van der Waals surface area contributed by atoms with Crippen LogP contribution in [0.1, 0.15) is 52.1 Å². The minimum Gasteiger partial charge on any atom is -0.493 e. The van der Waals surface area contributed by atoms with E-state index in [1.807, 2.05) is 58.9 Å². The number of amides is 2. The standard InChI is InChI=1S/C23H29N3O4/c1-7-29-19-10-8-15(12-20(19)28-6)14(2)24-22(27)25-16-9-11-18-17(13-16)26-21(30-18)23(3,4)5/h8-14H,7H2,1-6H3,(H2,24,25,27). The Labute approximate surface area is 176 Å². The van der Waals surface area contributed by atoms with Gasteiger partial charge >= 0.3 is 6.03 Å². The van der Waals surface area contributed by atoms with Gasteiger partial charge < -0.3 is 24.5 Å². The van der Waals surface area contributed by atoms with Crippen LogP contribution in [-0.2, 0) is 5.41 Å². The Morgan fingerprint density at radius 1 is 1.17 bits per heavy atom. The van der Waals surface area contributed by atoms with Crippen LogP contribution in [0.5, 0.6) is 11.5 Å². The Balaban J connectivity index is 1.69. The summed E-state index contributed by atoms with van der Waals surface area (Å²) in [5.74, 6) is 1.97. The minimum absolute atomic E-state index is 0.182. The van der Waals surface area contributed by atoms with Crippen molar-refractivity contribution >= 4 is 22.8 Å². The highest BCUT2D eigenvalue weighted by Crippen LogP contribution is 2.30. The molecule has 0 spiro atoms. The third-order valence-corrected chi connectivity index (χ3v) is 4.62. The lowest BCUT2D eigenvalue weighted by atomic mass is 9.97. The van der Waals surface area contributed by atoms with Crippen LogP contribution in [0.2, 0.25) is 0 Å². The van der Waals surface area contributed by atoms with Gasteiger partial charge in [-0.25, -0.2) is 9.78 Å². The van der Waals surface area contributed by atoms with Crippen molar-refractivity contribution in [2.75, 3.05) is 19.0 Å². The maximum absolute atomic E-state index is 12.5. The van der Waals surface area contributed by atoms with E-state index in [9.17, 15) is 4.79 Å². The van der Waals surface area contributed by atoms with Crippen molar-refractivity contribution in [1.29, 1.82) is 0 Å². The summed E-state index contributed by atoms with van der Waals surface area (Å²) in [6.45, 7) is 10.5. The molecule has 1 unspecified atom stereocenters. The minimum atomic E-state index is -0.311. The number of anilines is 1. The van der Waals surface area contributed by atoms with Gasteiger partial charge in [-0.1, -0.05) is 26.8 Å². The smallest absolute Gasteiger partial charge is 0.319 e. The van der Waals surface area contributed by atoms with Gasteiger partial charge in [-0.2, -0.15) is 0 Å². The molecule has 0 aliphatic heterocycles. The van der Waals surface area contributed by atoms with E-state index in [-0.39, 0.29) is 17.5 Å². The molecule has 7 nitrogen and oxygen atoms in total. The molecule has 30 heavy (non-hydrogen) atoms. The summed E-state index contributed by atoms with van der Waals surface area (Å²) in [7, 11) is 1.59. The number of benzene rings is 2. The molecule has 0 radical (unpaired) electrons. The molecule has 0 aliphatic rings. The highest BCUT2D eigenvalue weighted by molar-refractivity contribution is 5.91. The van der Waals surface area contributed by atoms with E-state index in [4.69, 9.17) is 13.9 Å². The van der Waals surface area contributed by atoms with Crippen LogP contribution in [0, 0.1) is 0 Å². The number of carbonyl (C=O) groups excluding carboxylic acids is 1. The summed E-state index contributed by atoms with van der Waals surface area (Å²) < 4.78 is 16.7. The predicted molar refractivity (Wildman–Crippen MR) is 117 cm³/mol. The van der Waals surface area contributed by atoms with Crippen LogP contribution in [0.25, 0.3) is 11.1 Å². The van der Waals surface area contributed by atoms with Gasteiger partial charge in [-0.15, -0.1) is 0 Å². The van der Waals surface area contributed by atoms with Crippen molar-refractivity contribution in [3.63, 3.8) is 0 Å². The average Bonchev–Trinajstić information content (AvgIpc) is 3.12. The van der Waals surface area contributed by atoms with E-state index in [0.717, 1.165) is 5.56 Å². The molecular weight excluding hydrogens is 382 g/mol. The second-order valence-corrected chi connectivity index (χ2v) is 8.11. The van der Waals surface area contributed by atoms with Gasteiger partial charge in [0, 0.05) is 11.1 Å². The van der Waals surface area contributed by atoms with Crippen molar-refractivity contribution < 1.29 is 18.7 Å². The molecule has 0 saturated heterocycles. The first-order valence-corrected chi connectivity index (χ1v) is 10.0. The molecule has 2 amide bonds. The van der Waals surface area contributed by atoms with Crippen LogP contribution < -0.4 is 20.1 Å². The molecule has 2 aromatic carbocycles. The summed E-state index contributed by atoms with van der Waals surface area (Å²) in [5.41, 5.74) is 2.78. The highest BCUT2D eigenvalue weighted by Gasteiger charge is 2.21. The number of nitrogens with one attached hydrogen (secondary N) is 2. The third-order valence-electron chi connectivity index (χ3n) is 4.62. The Morgan fingerprint density at radius 3 is 2.60 bits per heavy atom. The molecule has 1 atom stereocenters. The monoisotopic (exact) mass is 411 g/mol. The molecule has 3 rings (SSSR count). The summed E-state index contributed by atoms with van der Waals surface area (Å²) >= 11 is 0. The van der Waals surface area contributed by atoms with E-state index in [0.29, 0.717) is 40.8 Å². The van der Waals surface area contributed by atoms with Crippen molar-refractivity contribution in [3.05, 3.63) is 47.9 Å². The van der Waals surface area contributed by atoms with E-state index in [1.54, 1.807) is 19.2 Å². The number of nitrogens with zero attached hydrogens (tertiary/aromatic N) is 1. The lowest BCUT2D eigenvalue weighted by molar-refractivity contribution is 0.249. The molecule has 0 saturated carbocycles. The van der Waals surface area contributed by atoms with E-state index >= 15 is 0 Å². The number of rotatable bonds is 6. The normalized spacial score (nSPS) is 12.5. The van der Waals surface area contributed by atoms with Gasteiger partial charge in [-0.3, -0.25) is 0 Å². The van der Waals surface area contributed by atoms with Crippen molar-refractivity contribution in [2.45, 2.75) is 46.1 Å². The zero-order valence-electron chi connectivity index (χ0n) is 18.3. The molecule has 1 aromatic heterocycles. The Kier molecular flexibility index (Phi) is 6.20. The number of hydrogen-bond donors (Lipinski definition) is 2. The fourth-order valence-corrected chi connectivity index (χ4v) is 3.00. The van der Waals surface area contributed by atoms with Gasteiger partial charge in [0.25, 0.3) is 0 Å². The molecule has 0 aliphatic carbocycles. The molecule has 1 heterocycles. The number of ether oxygens (including phenoxy) is 2. The number of hydrogen-bond acceptors (Lipinski definition) is 5. The first-order chi connectivity index (χ1) is 14.2. The molecular formula is C23H29N3O4. The number of fused-ring (bicyclic) bond motifs is 1. The molecule has 0 bridgehead atoms. The van der Waals surface area contributed by atoms with Gasteiger partial charge in [0.15, 0.2) is 17.1 Å². The second-order valence-electron chi connectivity index (χ2n) is 8.11. The van der Waals surface area contributed by atoms with E-state index in [2.05, 4.69) is 15.6 Å². The number of carbonyl (C=O) groups is 1. The van der Waals surface area contributed by atoms with Crippen molar-refractivity contribution in [1.82, 2.24) is 10.3 Å². The van der Waals surface area contributed by atoms with Crippen LogP contribution >= 0.6 is 0 Å². The van der Waals surface area contributed by atoms with Crippen LogP contribution in [0.4, 0.5) is 10.5 Å². The summed E-state index contributed by atoms with van der Waals surface area (Å²) in [4.78, 5) is 17.0. The number of urea groups is 1. The predicted octanol–water partition coefficient (Wildman–Crippen LogP) is 5.42. The largest absolute Gasteiger partial charge is 0.493 e. The summed E-state index contributed by atoms with van der Waals surface area (Å²) in [6, 6.07) is 10.5. The maximum atomic E-state index is 12.5. The lowest BCUT2D eigenvalue weighted by Crippen LogP contribution is -2.31. The quantitative estimate of drug-likeness (QED) is 0.566. The molecule has 0 fully saturated rings. The Bertz CT molecular complexity index is 1040. The Hall–Kier alpha value is -3.22. The summed E-state index contributed by atoms with van der Waals surface area (Å²) in [6.07, 6.45) is 0. The van der Waals surface area contributed by atoms with E-state index in [1.165, 1.54) is 0 Å². The molecule has 2 N–H and O–H groups in total. The number of oxazole rings is 1. The zero-order valence-corrected chi connectivity index (χ0v) is 18.3. The first-order valence-electron chi connectivity index (χ1n) is 10.0. The maximum Gasteiger partial charge on any atom is 0.319 e. The SMILES string of the molecule is CCOc1ccc(C(C)NC(=O)Nc2ccc3oc(C(C)(C)C)nc3c2)cc1OC. The van der Waals surface area contributed by atoms with E-state index < -0.39 is 0 Å². The fraction of sp³-hybridized carbons (Fsp3) is 0.391. The van der Waals surface area contributed by atoms with Gasteiger partial charge in [0.1, 0.15) is 5.52 Å².